The third kappa shape index (κ3) is 2.59. The maximum atomic E-state index is 11.8. The molecule has 0 aromatic carbocycles. The van der Waals surface area contributed by atoms with E-state index in [2.05, 4.69) is 20.7 Å². The first-order valence-electron chi connectivity index (χ1n) is 4.44. The summed E-state index contributed by atoms with van der Waals surface area (Å²) >= 11 is 4.43. The molecule has 1 aromatic rings. The highest BCUT2D eigenvalue weighted by Gasteiger charge is 2.29. The van der Waals surface area contributed by atoms with Gasteiger partial charge in [0, 0.05) is 10.9 Å². The minimum atomic E-state index is -3.41. The van der Waals surface area contributed by atoms with Gasteiger partial charge in [0.05, 0.1) is 10.4 Å². The van der Waals surface area contributed by atoms with Crippen LogP contribution in [0.15, 0.2) is 14.7 Å². The fourth-order valence-corrected chi connectivity index (χ4v) is 4.99. The van der Waals surface area contributed by atoms with Crippen LogP contribution in [0.3, 0.4) is 0 Å². The van der Waals surface area contributed by atoms with E-state index in [1.54, 1.807) is 0 Å². The molecule has 15 heavy (non-hydrogen) atoms. The number of hydrogen-bond donors (Lipinski definition) is 2. The number of aliphatic hydroxyl groups excluding tert-OH is 1. The van der Waals surface area contributed by atoms with Crippen molar-refractivity contribution in [2.45, 2.75) is 30.4 Å². The fourth-order valence-electron chi connectivity index (χ4n) is 1.14. The number of hydrogen-bond acceptors (Lipinski definition) is 4. The summed E-state index contributed by atoms with van der Waals surface area (Å²) in [4.78, 5) is 0.862. The molecule has 1 aliphatic rings. The molecule has 0 atom stereocenters. The number of rotatable bonds is 4. The van der Waals surface area contributed by atoms with Crippen molar-refractivity contribution in [1.29, 1.82) is 0 Å². The molecule has 2 rings (SSSR count). The molecule has 1 saturated carbocycles. The maximum absolute atomic E-state index is 11.8. The summed E-state index contributed by atoms with van der Waals surface area (Å²) in [6.07, 6.45) is 1.82. The van der Waals surface area contributed by atoms with Crippen molar-refractivity contribution in [2.24, 2.45) is 0 Å². The lowest BCUT2D eigenvalue weighted by Gasteiger charge is -2.02. The molecule has 4 nitrogen and oxygen atoms in total. The standard InChI is InChI=1S/C8H10BrNO3S2/c9-8-7(3-6(4-11)14-8)15(12,13)10-5-1-2-5/h3,5,10-11H,1-2,4H2. The van der Waals surface area contributed by atoms with Crippen LogP contribution in [0.5, 0.6) is 0 Å². The average molecular weight is 312 g/mol. The first kappa shape index (κ1) is 11.5. The van der Waals surface area contributed by atoms with Crippen molar-refractivity contribution in [1.82, 2.24) is 4.72 Å². The van der Waals surface area contributed by atoms with Gasteiger partial charge in [0.25, 0.3) is 0 Å². The zero-order valence-electron chi connectivity index (χ0n) is 7.73. The van der Waals surface area contributed by atoms with Gasteiger partial charge in [0.15, 0.2) is 0 Å². The Morgan fingerprint density at radius 3 is 2.73 bits per heavy atom. The predicted octanol–water partition coefficient (Wildman–Crippen LogP) is 1.44. The molecule has 1 heterocycles. The van der Waals surface area contributed by atoms with Crippen LogP contribution in [0.4, 0.5) is 0 Å². The zero-order chi connectivity index (χ0) is 11.1. The van der Waals surface area contributed by atoms with Gasteiger partial charge < -0.3 is 5.11 Å². The fraction of sp³-hybridized carbons (Fsp3) is 0.500. The zero-order valence-corrected chi connectivity index (χ0v) is 11.0. The van der Waals surface area contributed by atoms with Gasteiger partial charge in [-0.15, -0.1) is 11.3 Å². The van der Waals surface area contributed by atoms with E-state index in [1.165, 1.54) is 17.4 Å². The van der Waals surface area contributed by atoms with E-state index in [9.17, 15) is 8.42 Å². The van der Waals surface area contributed by atoms with E-state index in [1.807, 2.05) is 0 Å². The quantitative estimate of drug-likeness (QED) is 0.884. The summed E-state index contributed by atoms with van der Waals surface area (Å²) in [6.45, 7) is -0.137. The van der Waals surface area contributed by atoms with Gasteiger partial charge in [0.2, 0.25) is 10.0 Å². The summed E-state index contributed by atoms with van der Waals surface area (Å²) in [5.41, 5.74) is 0. The Kier molecular flexibility index (Phi) is 3.18. The molecule has 0 saturated heterocycles. The van der Waals surface area contributed by atoms with E-state index in [-0.39, 0.29) is 17.5 Å². The van der Waals surface area contributed by atoms with E-state index < -0.39 is 10.0 Å². The van der Waals surface area contributed by atoms with Crippen molar-refractivity contribution in [3.63, 3.8) is 0 Å². The highest BCUT2D eigenvalue weighted by atomic mass is 79.9. The Bertz CT molecular complexity index is 464. The first-order valence-corrected chi connectivity index (χ1v) is 7.53. The molecule has 0 spiro atoms. The van der Waals surface area contributed by atoms with Crippen molar-refractivity contribution >= 4 is 37.3 Å². The van der Waals surface area contributed by atoms with Gasteiger partial charge in [-0.05, 0) is 34.8 Å². The Balaban J connectivity index is 2.30. The lowest BCUT2D eigenvalue weighted by molar-refractivity contribution is 0.285. The topological polar surface area (TPSA) is 66.4 Å². The molecule has 1 fully saturated rings. The normalized spacial score (nSPS) is 16.9. The van der Waals surface area contributed by atoms with Crippen LogP contribution in [-0.4, -0.2) is 19.6 Å². The van der Waals surface area contributed by atoms with Crippen LogP contribution in [0.2, 0.25) is 0 Å². The molecule has 1 aliphatic carbocycles. The summed E-state index contributed by atoms with van der Waals surface area (Å²) in [7, 11) is -3.41. The number of thiophene rings is 1. The molecule has 0 bridgehead atoms. The van der Waals surface area contributed by atoms with E-state index >= 15 is 0 Å². The molecule has 0 amide bonds. The third-order valence-electron chi connectivity index (χ3n) is 2.05. The van der Waals surface area contributed by atoms with Gasteiger partial charge in [0.1, 0.15) is 4.90 Å². The Hall–Kier alpha value is 0.0500. The van der Waals surface area contributed by atoms with Crippen LogP contribution in [0, 0.1) is 0 Å². The van der Waals surface area contributed by atoms with Gasteiger partial charge in [-0.25, -0.2) is 13.1 Å². The molecular weight excluding hydrogens is 302 g/mol. The number of sulfonamides is 1. The molecule has 0 unspecified atom stereocenters. The minimum absolute atomic E-state index is 0.0966. The van der Waals surface area contributed by atoms with Crippen LogP contribution in [0.1, 0.15) is 17.7 Å². The van der Waals surface area contributed by atoms with Crippen LogP contribution >= 0.6 is 27.3 Å². The van der Waals surface area contributed by atoms with E-state index in [4.69, 9.17) is 5.11 Å². The predicted molar refractivity (Wildman–Crippen MR) is 61.3 cm³/mol. The van der Waals surface area contributed by atoms with Gasteiger partial charge in [-0.3, -0.25) is 0 Å². The maximum Gasteiger partial charge on any atom is 0.242 e. The number of nitrogens with one attached hydrogen (secondary N) is 1. The van der Waals surface area contributed by atoms with E-state index in [0.29, 0.717) is 8.66 Å². The Morgan fingerprint density at radius 1 is 1.60 bits per heavy atom. The van der Waals surface area contributed by atoms with Crippen molar-refractivity contribution in [3.05, 3.63) is 14.7 Å². The van der Waals surface area contributed by atoms with Gasteiger partial charge >= 0.3 is 0 Å². The Labute approximate surface area is 100 Å². The van der Waals surface area contributed by atoms with Crippen molar-refractivity contribution in [2.75, 3.05) is 0 Å². The second-order valence-electron chi connectivity index (χ2n) is 3.40. The lowest BCUT2D eigenvalue weighted by Crippen LogP contribution is -2.25. The molecular formula is C8H10BrNO3S2. The lowest BCUT2D eigenvalue weighted by atomic mass is 10.5. The number of aliphatic hydroxyl groups is 1. The largest absolute Gasteiger partial charge is 0.391 e. The molecule has 84 valence electrons. The molecule has 7 heteroatoms. The summed E-state index contributed by atoms with van der Waals surface area (Å²) in [6, 6.07) is 1.60. The van der Waals surface area contributed by atoms with Crippen LogP contribution in [-0.2, 0) is 16.6 Å². The monoisotopic (exact) mass is 311 g/mol. The second kappa shape index (κ2) is 4.14. The summed E-state index contributed by atoms with van der Waals surface area (Å²) < 4.78 is 26.8. The first-order chi connectivity index (χ1) is 7.03. The average Bonchev–Trinajstić information content (AvgIpc) is 2.85. The number of halogens is 1. The minimum Gasteiger partial charge on any atom is -0.391 e. The van der Waals surface area contributed by atoms with Crippen molar-refractivity contribution < 1.29 is 13.5 Å². The summed E-state index contributed by atoms with van der Waals surface area (Å²) in [5, 5.41) is 8.91. The smallest absolute Gasteiger partial charge is 0.242 e. The van der Waals surface area contributed by atoms with E-state index in [0.717, 1.165) is 12.8 Å². The molecule has 2 N–H and O–H groups in total. The Morgan fingerprint density at radius 2 is 2.27 bits per heavy atom. The third-order valence-corrected chi connectivity index (χ3v) is 5.81. The molecule has 1 aromatic heterocycles. The van der Waals surface area contributed by atoms with Crippen LogP contribution in [0.25, 0.3) is 0 Å². The van der Waals surface area contributed by atoms with Crippen molar-refractivity contribution in [3.8, 4) is 0 Å². The van der Waals surface area contributed by atoms with Crippen LogP contribution < -0.4 is 4.72 Å². The van der Waals surface area contributed by atoms with Gasteiger partial charge in [-0.2, -0.15) is 0 Å². The second-order valence-corrected chi connectivity index (χ2v) is 7.54. The SMILES string of the molecule is O=S(=O)(NC1CC1)c1cc(CO)sc1Br. The highest BCUT2D eigenvalue weighted by molar-refractivity contribution is 9.11. The highest BCUT2D eigenvalue weighted by Crippen LogP contribution is 2.33. The molecule has 0 radical (unpaired) electrons. The molecule has 0 aliphatic heterocycles. The summed E-state index contributed by atoms with van der Waals surface area (Å²) in [5.74, 6) is 0. The van der Waals surface area contributed by atoms with Gasteiger partial charge in [-0.1, -0.05) is 0 Å².